The highest BCUT2D eigenvalue weighted by atomic mass is 16.5. The van der Waals surface area contributed by atoms with Gasteiger partial charge in [0.1, 0.15) is 5.75 Å². The van der Waals surface area contributed by atoms with Gasteiger partial charge in [-0.05, 0) is 12.5 Å². The Labute approximate surface area is 111 Å². The lowest BCUT2D eigenvalue weighted by Gasteiger charge is -2.40. The molecule has 0 fully saturated rings. The van der Waals surface area contributed by atoms with Gasteiger partial charge in [0.25, 0.3) is 0 Å². The molecule has 1 aliphatic heterocycles. The quantitative estimate of drug-likeness (QED) is 0.788. The topological polar surface area (TPSA) is 76.0 Å². The van der Waals surface area contributed by atoms with Crippen LogP contribution in [0.1, 0.15) is 18.9 Å². The number of para-hydroxylation sites is 1. The molecule has 0 radical (unpaired) electrons. The van der Waals surface area contributed by atoms with Gasteiger partial charge in [0.15, 0.2) is 5.60 Å². The summed E-state index contributed by atoms with van der Waals surface area (Å²) in [6.07, 6.45) is 0.408. The summed E-state index contributed by atoms with van der Waals surface area (Å²) in [7, 11) is 0. The highest BCUT2D eigenvalue weighted by molar-refractivity contribution is 5.81. The van der Waals surface area contributed by atoms with E-state index in [1.807, 2.05) is 0 Å². The Morgan fingerprint density at radius 3 is 2.95 bits per heavy atom. The zero-order chi connectivity index (χ0) is 13.9. The Morgan fingerprint density at radius 1 is 1.53 bits per heavy atom. The number of aliphatic hydroxyl groups excluding tert-OH is 1. The summed E-state index contributed by atoms with van der Waals surface area (Å²) >= 11 is 0. The van der Waals surface area contributed by atoms with Crippen molar-refractivity contribution in [3.63, 3.8) is 0 Å². The molecule has 1 aliphatic rings. The summed E-state index contributed by atoms with van der Waals surface area (Å²) in [6.45, 7) is 2.26. The fourth-order valence-corrected chi connectivity index (χ4v) is 2.40. The molecule has 1 heterocycles. The van der Waals surface area contributed by atoms with Crippen LogP contribution in [0.2, 0.25) is 0 Å². The van der Waals surface area contributed by atoms with Crippen LogP contribution in [0.25, 0.3) is 0 Å². The van der Waals surface area contributed by atoms with Crippen molar-refractivity contribution in [3.05, 3.63) is 29.8 Å². The first kappa shape index (κ1) is 13.8. The van der Waals surface area contributed by atoms with Crippen LogP contribution in [0, 0.1) is 5.92 Å². The molecule has 1 aromatic carbocycles. The second kappa shape index (κ2) is 5.59. The third-order valence-corrected chi connectivity index (χ3v) is 3.42. The van der Waals surface area contributed by atoms with Crippen molar-refractivity contribution in [2.45, 2.75) is 18.9 Å². The van der Waals surface area contributed by atoms with E-state index in [0.29, 0.717) is 24.3 Å². The van der Waals surface area contributed by atoms with Crippen LogP contribution in [0.15, 0.2) is 24.3 Å². The molecule has 104 valence electrons. The van der Waals surface area contributed by atoms with Crippen LogP contribution in [0.4, 0.5) is 0 Å². The van der Waals surface area contributed by atoms with Gasteiger partial charge >= 0.3 is 5.97 Å². The Hall–Kier alpha value is -1.59. The van der Waals surface area contributed by atoms with Gasteiger partial charge in [-0.1, -0.05) is 25.1 Å². The first-order valence-electron chi connectivity index (χ1n) is 6.33. The standard InChI is InChI=1S/C14H18O5/c1-10-9-18-12-6-3-2-5-11(12)14(10,13(16)17)19-8-4-7-15/h2-3,5-6,10,15H,4,7-9H2,1H3,(H,16,17). The van der Waals surface area contributed by atoms with Crippen LogP contribution in [0.5, 0.6) is 5.75 Å². The first-order valence-corrected chi connectivity index (χ1v) is 6.33. The van der Waals surface area contributed by atoms with Crippen molar-refractivity contribution in [2.75, 3.05) is 19.8 Å². The number of ether oxygens (including phenoxy) is 2. The van der Waals surface area contributed by atoms with E-state index in [-0.39, 0.29) is 19.1 Å². The highest BCUT2D eigenvalue weighted by Gasteiger charge is 2.51. The summed E-state index contributed by atoms with van der Waals surface area (Å²) in [6, 6.07) is 7.04. The van der Waals surface area contributed by atoms with Gasteiger partial charge in [0.05, 0.1) is 13.2 Å². The van der Waals surface area contributed by atoms with Crippen molar-refractivity contribution in [1.29, 1.82) is 0 Å². The fourth-order valence-electron chi connectivity index (χ4n) is 2.40. The van der Waals surface area contributed by atoms with E-state index in [1.54, 1.807) is 31.2 Å². The zero-order valence-electron chi connectivity index (χ0n) is 10.8. The maximum atomic E-state index is 11.8. The third-order valence-electron chi connectivity index (χ3n) is 3.42. The summed E-state index contributed by atoms with van der Waals surface area (Å²) < 4.78 is 11.2. The number of carboxylic acids is 1. The molecule has 2 atom stereocenters. The molecule has 0 bridgehead atoms. The minimum atomic E-state index is -1.40. The van der Waals surface area contributed by atoms with Crippen LogP contribution in [-0.4, -0.2) is 36.0 Å². The van der Waals surface area contributed by atoms with Gasteiger partial charge in [-0.25, -0.2) is 4.79 Å². The summed E-state index contributed by atoms with van der Waals surface area (Å²) in [4.78, 5) is 11.8. The second-order valence-electron chi connectivity index (χ2n) is 4.67. The van der Waals surface area contributed by atoms with E-state index >= 15 is 0 Å². The second-order valence-corrected chi connectivity index (χ2v) is 4.67. The van der Waals surface area contributed by atoms with Crippen molar-refractivity contribution in [1.82, 2.24) is 0 Å². The Morgan fingerprint density at radius 2 is 2.26 bits per heavy atom. The van der Waals surface area contributed by atoms with Gasteiger partial charge in [-0.15, -0.1) is 0 Å². The number of aliphatic hydroxyl groups is 1. The molecule has 2 unspecified atom stereocenters. The highest BCUT2D eigenvalue weighted by Crippen LogP contribution is 2.43. The van der Waals surface area contributed by atoms with E-state index < -0.39 is 11.6 Å². The fraction of sp³-hybridized carbons (Fsp3) is 0.500. The van der Waals surface area contributed by atoms with Crippen molar-refractivity contribution < 1.29 is 24.5 Å². The molecule has 2 rings (SSSR count). The van der Waals surface area contributed by atoms with Crippen molar-refractivity contribution >= 4 is 5.97 Å². The molecular formula is C14H18O5. The van der Waals surface area contributed by atoms with Gasteiger partial charge in [0, 0.05) is 18.1 Å². The third kappa shape index (κ3) is 2.31. The van der Waals surface area contributed by atoms with E-state index in [1.165, 1.54) is 0 Å². The molecule has 1 aromatic rings. The number of hydrogen-bond acceptors (Lipinski definition) is 4. The SMILES string of the molecule is CC1COc2ccccc2C1(OCCCO)C(=O)O. The van der Waals surface area contributed by atoms with E-state index in [2.05, 4.69) is 0 Å². The minimum Gasteiger partial charge on any atom is -0.493 e. The van der Waals surface area contributed by atoms with Crippen LogP contribution in [-0.2, 0) is 15.1 Å². The van der Waals surface area contributed by atoms with Gasteiger partial charge in [-0.2, -0.15) is 0 Å². The molecule has 0 aliphatic carbocycles. The number of fused-ring (bicyclic) bond motifs is 1. The molecule has 0 amide bonds. The van der Waals surface area contributed by atoms with Crippen LogP contribution >= 0.6 is 0 Å². The molecule has 0 spiro atoms. The normalized spacial score (nSPS) is 25.5. The molecule has 0 saturated carbocycles. The van der Waals surface area contributed by atoms with E-state index in [9.17, 15) is 9.90 Å². The maximum Gasteiger partial charge on any atom is 0.341 e. The number of carbonyl (C=O) groups is 1. The predicted molar refractivity (Wildman–Crippen MR) is 68.1 cm³/mol. The number of benzene rings is 1. The summed E-state index contributed by atoms with van der Waals surface area (Å²) in [5.74, 6) is -0.778. The van der Waals surface area contributed by atoms with E-state index in [0.717, 1.165) is 0 Å². The summed E-state index contributed by atoms with van der Waals surface area (Å²) in [5, 5.41) is 18.5. The Kier molecular flexibility index (Phi) is 4.07. The lowest BCUT2D eigenvalue weighted by molar-refractivity contribution is -0.182. The molecule has 5 heteroatoms. The minimum absolute atomic E-state index is 0.0256. The summed E-state index contributed by atoms with van der Waals surface area (Å²) in [5.41, 5.74) is -0.858. The van der Waals surface area contributed by atoms with Gasteiger partial charge in [0.2, 0.25) is 0 Å². The first-order chi connectivity index (χ1) is 9.13. The van der Waals surface area contributed by atoms with Gasteiger partial charge in [-0.3, -0.25) is 0 Å². The average Bonchev–Trinajstić information content (AvgIpc) is 2.41. The Bertz CT molecular complexity index is 459. The molecule has 2 N–H and O–H groups in total. The van der Waals surface area contributed by atoms with Crippen molar-refractivity contribution in [2.24, 2.45) is 5.92 Å². The smallest absolute Gasteiger partial charge is 0.341 e. The monoisotopic (exact) mass is 266 g/mol. The van der Waals surface area contributed by atoms with E-state index in [4.69, 9.17) is 14.6 Å². The zero-order valence-corrected chi connectivity index (χ0v) is 10.8. The molecule has 19 heavy (non-hydrogen) atoms. The predicted octanol–water partition coefficient (Wildman–Crippen LogP) is 1.39. The van der Waals surface area contributed by atoms with Crippen LogP contribution in [0.3, 0.4) is 0 Å². The number of rotatable bonds is 5. The van der Waals surface area contributed by atoms with Crippen LogP contribution < -0.4 is 4.74 Å². The maximum absolute atomic E-state index is 11.8. The molecule has 5 nitrogen and oxygen atoms in total. The molecule has 0 saturated heterocycles. The lowest BCUT2D eigenvalue weighted by Crippen LogP contribution is -2.49. The van der Waals surface area contributed by atoms with Crippen molar-refractivity contribution in [3.8, 4) is 5.75 Å². The molecular weight excluding hydrogens is 248 g/mol. The van der Waals surface area contributed by atoms with Gasteiger partial charge < -0.3 is 19.7 Å². The number of aliphatic carboxylic acids is 1. The lowest BCUT2D eigenvalue weighted by atomic mass is 9.80. The average molecular weight is 266 g/mol. The largest absolute Gasteiger partial charge is 0.493 e. The molecule has 0 aromatic heterocycles. The number of carboxylic acid groups (broad SMARTS) is 1. The number of hydrogen-bond donors (Lipinski definition) is 2. The Balaban J connectivity index is 2.42.